The summed E-state index contributed by atoms with van der Waals surface area (Å²) in [5, 5.41) is -0.501. The lowest BCUT2D eigenvalue weighted by Gasteiger charge is -2.15. The van der Waals surface area contributed by atoms with Gasteiger partial charge in [0.05, 0.1) is 0 Å². The fourth-order valence-corrected chi connectivity index (χ4v) is 2.80. The summed E-state index contributed by atoms with van der Waals surface area (Å²) in [6.45, 7) is 4.62. The molecule has 0 spiro atoms. The van der Waals surface area contributed by atoms with Crippen LogP contribution in [0.2, 0.25) is 0 Å². The Morgan fingerprint density at radius 1 is 0.800 bits per heavy atom. The summed E-state index contributed by atoms with van der Waals surface area (Å²) in [5.41, 5.74) is 3.77. The molecule has 0 aliphatic carbocycles. The Labute approximate surface area is 152 Å². The van der Waals surface area contributed by atoms with Crippen LogP contribution in [0, 0.1) is 0 Å². The molecule has 0 aliphatic heterocycles. The van der Waals surface area contributed by atoms with Crippen molar-refractivity contribution in [1.82, 2.24) is 0 Å². The van der Waals surface area contributed by atoms with Gasteiger partial charge in [0.25, 0.3) is 5.24 Å². The van der Waals surface area contributed by atoms with Crippen molar-refractivity contribution in [2.45, 2.75) is 6.61 Å². The molecule has 0 amide bonds. The van der Waals surface area contributed by atoms with Crippen LogP contribution in [0.15, 0.2) is 85.4 Å². The number of hydrogen-bond donors (Lipinski definition) is 0. The monoisotopic (exact) mass is 348 g/mol. The molecule has 0 N–H and O–H groups in total. The highest BCUT2D eigenvalue weighted by atomic mass is 35.5. The van der Waals surface area contributed by atoms with E-state index in [9.17, 15) is 4.79 Å². The molecule has 0 bridgehead atoms. The Hall–Kier alpha value is -2.84. The summed E-state index contributed by atoms with van der Waals surface area (Å²) in [7, 11) is 0. The maximum atomic E-state index is 11.7. The van der Waals surface area contributed by atoms with Gasteiger partial charge in [-0.15, -0.1) is 0 Å². The predicted octanol–water partition coefficient (Wildman–Crippen LogP) is 5.71. The summed E-state index contributed by atoms with van der Waals surface area (Å²) in [6, 6.07) is 24.8. The van der Waals surface area contributed by atoms with Gasteiger partial charge in [0.1, 0.15) is 12.4 Å². The number of halogens is 1. The molecule has 0 heterocycles. The maximum absolute atomic E-state index is 11.7. The molecule has 25 heavy (non-hydrogen) atoms. The number of ether oxygens (including phenoxy) is 1. The highest BCUT2D eigenvalue weighted by Crippen LogP contribution is 2.32. The van der Waals surface area contributed by atoms with Gasteiger partial charge >= 0.3 is 0 Å². The average Bonchev–Trinajstić information content (AvgIpc) is 2.67. The lowest BCUT2D eigenvalue weighted by atomic mass is 9.95. The fourth-order valence-electron chi connectivity index (χ4n) is 2.64. The molecular formula is C22H17ClO2. The third kappa shape index (κ3) is 3.98. The number of rotatable bonds is 6. The molecule has 0 aromatic heterocycles. The van der Waals surface area contributed by atoms with Crippen LogP contribution in [0.5, 0.6) is 5.75 Å². The van der Waals surface area contributed by atoms with E-state index in [2.05, 4.69) is 6.58 Å². The summed E-state index contributed by atoms with van der Waals surface area (Å²) in [4.78, 5) is 11.7. The van der Waals surface area contributed by atoms with Crippen LogP contribution in [0.4, 0.5) is 0 Å². The van der Waals surface area contributed by atoms with Crippen molar-refractivity contribution < 1.29 is 9.53 Å². The van der Waals surface area contributed by atoms with E-state index < -0.39 is 5.24 Å². The summed E-state index contributed by atoms with van der Waals surface area (Å²) in [6.07, 6.45) is 0. The highest BCUT2D eigenvalue weighted by molar-refractivity contribution is 6.68. The minimum Gasteiger partial charge on any atom is -0.488 e. The van der Waals surface area contributed by atoms with Crippen molar-refractivity contribution in [2.24, 2.45) is 0 Å². The highest BCUT2D eigenvalue weighted by Gasteiger charge is 2.15. The van der Waals surface area contributed by atoms with Gasteiger partial charge in [-0.1, -0.05) is 73.3 Å². The molecule has 0 atom stereocenters. The molecule has 0 radical (unpaired) electrons. The molecule has 0 aliphatic rings. The first-order chi connectivity index (χ1) is 12.2. The number of carbonyl (C=O) groups is 1. The Morgan fingerprint density at radius 3 is 2.04 bits per heavy atom. The largest absolute Gasteiger partial charge is 0.488 e. The van der Waals surface area contributed by atoms with E-state index >= 15 is 0 Å². The summed E-state index contributed by atoms with van der Waals surface area (Å²) in [5.74, 6) is 0.716. The van der Waals surface area contributed by atoms with Gasteiger partial charge in [0.15, 0.2) is 0 Å². The van der Waals surface area contributed by atoms with Crippen LogP contribution < -0.4 is 4.74 Å². The quantitative estimate of drug-likeness (QED) is 0.533. The zero-order chi connectivity index (χ0) is 17.6. The molecule has 2 nitrogen and oxygen atoms in total. The molecule has 0 unspecified atom stereocenters. The minimum atomic E-state index is -0.501. The number of para-hydroxylation sites is 1. The first-order valence-corrected chi connectivity index (χ1v) is 8.29. The van der Waals surface area contributed by atoms with Gasteiger partial charge in [0, 0.05) is 11.1 Å². The molecule has 3 aromatic rings. The van der Waals surface area contributed by atoms with Crippen LogP contribution in [0.1, 0.15) is 27.0 Å². The summed E-state index contributed by atoms with van der Waals surface area (Å²) >= 11 is 5.71. The van der Waals surface area contributed by atoms with Crippen LogP contribution in [-0.4, -0.2) is 5.24 Å². The van der Waals surface area contributed by atoms with Crippen molar-refractivity contribution in [3.05, 3.63) is 108 Å². The van der Waals surface area contributed by atoms with Gasteiger partial charge in [-0.05, 0) is 40.4 Å². The molecule has 0 saturated heterocycles. The van der Waals surface area contributed by atoms with Crippen molar-refractivity contribution in [3.63, 3.8) is 0 Å². The van der Waals surface area contributed by atoms with Crippen LogP contribution in [0.3, 0.4) is 0 Å². The first kappa shape index (κ1) is 17.0. The zero-order valence-corrected chi connectivity index (χ0v) is 14.4. The second-order valence-corrected chi connectivity index (χ2v) is 5.91. The molecule has 3 heteroatoms. The minimum absolute atomic E-state index is 0.437. The molecule has 0 fully saturated rings. The van der Waals surface area contributed by atoms with Crippen molar-refractivity contribution in [2.75, 3.05) is 0 Å². The van der Waals surface area contributed by atoms with E-state index in [4.69, 9.17) is 16.3 Å². The standard InChI is InChI=1S/C22H17ClO2/c1-16(18-11-5-6-13-20(18)22(23)24)19-12-7-8-14-21(19)25-15-17-9-3-2-4-10-17/h2-14H,1,15H2. The third-order valence-electron chi connectivity index (χ3n) is 3.91. The van der Waals surface area contributed by atoms with E-state index in [1.54, 1.807) is 12.1 Å². The second kappa shape index (κ2) is 7.82. The Bertz CT molecular complexity index is 901. The predicted molar refractivity (Wildman–Crippen MR) is 102 cm³/mol. The molecule has 0 saturated carbocycles. The van der Waals surface area contributed by atoms with E-state index in [0.29, 0.717) is 29.1 Å². The van der Waals surface area contributed by atoms with Crippen LogP contribution in [-0.2, 0) is 6.61 Å². The molecule has 3 rings (SSSR count). The van der Waals surface area contributed by atoms with Crippen LogP contribution >= 0.6 is 11.6 Å². The Balaban J connectivity index is 1.90. The smallest absolute Gasteiger partial charge is 0.253 e. The van der Waals surface area contributed by atoms with E-state index in [-0.39, 0.29) is 0 Å². The Morgan fingerprint density at radius 2 is 1.36 bits per heavy atom. The number of hydrogen-bond acceptors (Lipinski definition) is 2. The summed E-state index contributed by atoms with van der Waals surface area (Å²) < 4.78 is 5.99. The van der Waals surface area contributed by atoms with Gasteiger partial charge in [0.2, 0.25) is 0 Å². The fraction of sp³-hybridized carbons (Fsp3) is 0.0455. The normalized spacial score (nSPS) is 10.3. The van der Waals surface area contributed by atoms with E-state index in [1.807, 2.05) is 66.7 Å². The van der Waals surface area contributed by atoms with Crippen LogP contribution in [0.25, 0.3) is 5.57 Å². The van der Waals surface area contributed by atoms with Crippen molar-refractivity contribution in [3.8, 4) is 5.75 Å². The lowest BCUT2D eigenvalue weighted by Crippen LogP contribution is -2.01. The SMILES string of the molecule is C=C(c1ccccc1OCc1ccccc1)c1ccccc1C(=O)Cl. The van der Waals surface area contributed by atoms with Gasteiger partial charge in [-0.3, -0.25) is 4.79 Å². The zero-order valence-electron chi connectivity index (χ0n) is 13.6. The third-order valence-corrected chi connectivity index (χ3v) is 4.12. The van der Waals surface area contributed by atoms with E-state index in [1.165, 1.54) is 0 Å². The maximum Gasteiger partial charge on any atom is 0.253 e. The first-order valence-electron chi connectivity index (χ1n) is 7.91. The van der Waals surface area contributed by atoms with Gasteiger partial charge < -0.3 is 4.74 Å². The molecule has 3 aromatic carbocycles. The molecular weight excluding hydrogens is 332 g/mol. The topological polar surface area (TPSA) is 26.3 Å². The molecule has 124 valence electrons. The Kier molecular flexibility index (Phi) is 5.32. The number of carbonyl (C=O) groups excluding carboxylic acids is 1. The lowest BCUT2D eigenvalue weighted by molar-refractivity contribution is 0.108. The number of benzene rings is 3. The second-order valence-electron chi connectivity index (χ2n) is 5.57. The van der Waals surface area contributed by atoms with Gasteiger partial charge in [-0.25, -0.2) is 0 Å². The average molecular weight is 349 g/mol. The van der Waals surface area contributed by atoms with Gasteiger partial charge in [-0.2, -0.15) is 0 Å². The van der Waals surface area contributed by atoms with Crippen molar-refractivity contribution in [1.29, 1.82) is 0 Å². The van der Waals surface area contributed by atoms with Crippen molar-refractivity contribution >= 4 is 22.4 Å². The van der Waals surface area contributed by atoms with E-state index in [0.717, 1.165) is 11.1 Å².